The van der Waals surface area contributed by atoms with Gasteiger partial charge in [-0.3, -0.25) is 4.90 Å². The average molecular weight is 230 g/mol. The molecule has 0 atom stereocenters. The number of hydrogen-bond acceptors (Lipinski definition) is 3. The highest BCUT2D eigenvalue weighted by atomic mass is 32.2. The van der Waals surface area contributed by atoms with E-state index < -0.39 is 0 Å². The van der Waals surface area contributed by atoms with E-state index in [0.29, 0.717) is 0 Å². The topological polar surface area (TPSA) is 27.0 Å². The number of thioether (sulfide) groups is 1. The van der Waals surface area contributed by atoms with Crippen LogP contribution in [0.4, 0.5) is 5.69 Å². The number of benzene rings is 1. The summed E-state index contributed by atoms with van der Waals surface area (Å²) < 4.78 is 0. The monoisotopic (exact) mass is 230 g/mol. The molecule has 0 spiro atoms. The van der Waals surface area contributed by atoms with Crippen LogP contribution in [0.3, 0.4) is 0 Å². The predicted octanol–water partition coefficient (Wildman–Crippen LogP) is 4.11. The molecule has 0 saturated carbocycles. The van der Waals surface area contributed by atoms with Crippen molar-refractivity contribution >= 4 is 17.4 Å². The summed E-state index contributed by atoms with van der Waals surface area (Å²) in [7, 11) is 0. The molecule has 0 amide bonds. The fourth-order valence-corrected chi connectivity index (χ4v) is 2.65. The lowest BCUT2D eigenvalue weighted by Crippen LogP contribution is -2.18. The fourth-order valence-electron chi connectivity index (χ4n) is 1.73. The number of rotatable bonds is 3. The summed E-state index contributed by atoms with van der Waals surface area (Å²) in [6.07, 6.45) is 5.54. The van der Waals surface area contributed by atoms with E-state index in [4.69, 9.17) is 0 Å². The average Bonchev–Trinajstić information content (AvgIpc) is 2.35. The molecule has 2 nitrogen and oxygen atoms in total. The van der Waals surface area contributed by atoms with E-state index >= 15 is 0 Å². The first-order chi connectivity index (χ1) is 7.86. The van der Waals surface area contributed by atoms with Crippen LogP contribution < -0.4 is 4.90 Å². The zero-order chi connectivity index (χ0) is 11.4. The lowest BCUT2D eigenvalue weighted by atomic mass is 10.2. The quantitative estimate of drug-likeness (QED) is 0.731. The Bertz CT molecular complexity index is 445. The molecular formula is C13H14N2S. The Hall–Kier alpha value is -1.40. The van der Waals surface area contributed by atoms with Crippen LogP contribution >= 0.6 is 11.8 Å². The Morgan fingerprint density at radius 2 is 2.19 bits per heavy atom. The number of para-hydroxylation sites is 1. The molecule has 16 heavy (non-hydrogen) atoms. The lowest BCUT2D eigenvalue weighted by Gasteiger charge is -2.25. The van der Waals surface area contributed by atoms with Crippen molar-refractivity contribution < 1.29 is 0 Å². The van der Waals surface area contributed by atoms with Crippen molar-refractivity contribution in [3.8, 4) is 6.19 Å². The molecule has 1 aliphatic heterocycles. The Morgan fingerprint density at radius 3 is 2.94 bits per heavy atom. The van der Waals surface area contributed by atoms with Crippen LogP contribution in [0.25, 0.3) is 0 Å². The van der Waals surface area contributed by atoms with Gasteiger partial charge in [0.2, 0.25) is 0 Å². The summed E-state index contributed by atoms with van der Waals surface area (Å²) >= 11 is 1.71. The van der Waals surface area contributed by atoms with E-state index in [0.717, 1.165) is 35.5 Å². The standard InChI is InChI=1S/C13H14N2S/c1-2-3-6-11-9-16-13-8-5-4-7-12(13)15(11)10-14/h4-5,7-9H,2-3,6H2,1H3. The minimum Gasteiger partial charge on any atom is -0.250 e. The highest BCUT2D eigenvalue weighted by Crippen LogP contribution is 2.39. The zero-order valence-corrected chi connectivity index (χ0v) is 10.1. The van der Waals surface area contributed by atoms with Gasteiger partial charge in [-0.15, -0.1) is 0 Å². The molecule has 0 unspecified atom stereocenters. The number of nitrogens with zero attached hydrogens (tertiary/aromatic N) is 2. The van der Waals surface area contributed by atoms with Gasteiger partial charge in [0.25, 0.3) is 0 Å². The number of allylic oxidation sites excluding steroid dienone is 1. The second-order valence-electron chi connectivity index (χ2n) is 3.73. The molecule has 1 aliphatic rings. The van der Waals surface area contributed by atoms with Gasteiger partial charge in [-0.25, -0.2) is 0 Å². The van der Waals surface area contributed by atoms with Crippen molar-refractivity contribution in [3.05, 3.63) is 35.4 Å². The molecule has 3 heteroatoms. The summed E-state index contributed by atoms with van der Waals surface area (Å²) in [5.74, 6) is 0. The second-order valence-corrected chi connectivity index (χ2v) is 4.64. The Morgan fingerprint density at radius 1 is 1.38 bits per heavy atom. The second kappa shape index (κ2) is 5.09. The Balaban J connectivity index is 2.27. The van der Waals surface area contributed by atoms with E-state index in [2.05, 4.69) is 24.6 Å². The van der Waals surface area contributed by atoms with Crippen LogP contribution in [0.15, 0.2) is 40.3 Å². The largest absolute Gasteiger partial charge is 0.250 e. The van der Waals surface area contributed by atoms with Crippen molar-refractivity contribution in [2.24, 2.45) is 0 Å². The van der Waals surface area contributed by atoms with Crippen LogP contribution in [0.5, 0.6) is 0 Å². The van der Waals surface area contributed by atoms with Gasteiger partial charge in [0.05, 0.1) is 5.69 Å². The van der Waals surface area contributed by atoms with Crippen LogP contribution in [0, 0.1) is 11.5 Å². The van der Waals surface area contributed by atoms with Gasteiger partial charge in [-0.05, 0) is 30.4 Å². The summed E-state index contributed by atoms with van der Waals surface area (Å²) in [5.41, 5.74) is 2.14. The molecule has 2 rings (SSSR count). The molecule has 1 aromatic rings. The summed E-state index contributed by atoms with van der Waals surface area (Å²) in [4.78, 5) is 2.91. The number of nitriles is 1. The molecule has 0 saturated heterocycles. The minimum atomic E-state index is 0.978. The summed E-state index contributed by atoms with van der Waals surface area (Å²) in [6.45, 7) is 2.17. The summed E-state index contributed by atoms with van der Waals surface area (Å²) in [6, 6.07) is 8.04. The fraction of sp³-hybridized carbons (Fsp3) is 0.308. The molecule has 1 heterocycles. The van der Waals surface area contributed by atoms with E-state index in [-0.39, 0.29) is 0 Å². The van der Waals surface area contributed by atoms with Gasteiger partial charge in [0, 0.05) is 10.6 Å². The maximum Gasteiger partial charge on any atom is 0.189 e. The SMILES string of the molecule is CCCCC1=CSc2ccccc2N1C#N. The maximum absolute atomic E-state index is 9.23. The molecule has 0 radical (unpaired) electrons. The molecule has 0 aromatic heterocycles. The number of hydrogen-bond donors (Lipinski definition) is 0. The van der Waals surface area contributed by atoms with Gasteiger partial charge >= 0.3 is 0 Å². The van der Waals surface area contributed by atoms with Gasteiger partial charge in [-0.2, -0.15) is 5.26 Å². The predicted molar refractivity (Wildman–Crippen MR) is 68.0 cm³/mol. The molecule has 0 bridgehead atoms. The molecular weight excluding hydrogens is 216 g/mol. The van der Waals surface area contributed by atoms with Crippen molar-refractivity contribution in [2.45, 2.75) is 31.1 Å². The first-order valence-electron chi connectivity index (χ1n) is 5.51. The first kappa shape index (κ1) is 11.1. The van der Waals surface area contributed by atoms with E-state index in [9.17, 15) is 5.26 Å². The third kappa shape index (κ3) is 2.07. The minimum absolute atomic E-state index is 0.978. The highest BCUT2D eigenvalue weighted by molar-refractivity contribution is 8.02. The normalized spacial score (nSPS) is 14.0. The van der Waals surface area contributed by atoms with Gasteiger partial charge in [0.15, 0.2) is 6.19 Å². The third-order valence-corrected chi connectivity index (χ3v) is 3.59. The molecule has 82 valence electrons. The third-order valence-electron chi connectivity index (χ3n) is 2.60. The lowest BCUT2D eigenvalue weighted by molar-refractivity contribution is 0.774. The molecule has 0 N–H and O–H groups in total. The van der Waals surface area contributed by atoms with E-state index in [1.807, 2.05) is 18.2 Å². The Kier molecular flexibility index (Phi) is 3.53. The zero-order valence-electron chi connectivity index (χ0n) is 9.31. The van der Waals surface area contributed by atoms with Crippen molar-refractivity contribution in [3.63, 3.8) is 0 Å². The molecule has 1 aromatic carbocycles. The van der Waals surface area contributed by atoms with Crippen molar-refractivity contribution in [1.29, 1.82) is 5.26 Å². The van der Waals surface area contributed by atoms with E-state index in [1.165, 1.54) is 0 Å². The van der Waals surface area contributed by atoms with Gasteiger partial charge in [-0.1, -0.05) is 37.2 Å². The van der Waals surface area contributed by atoms with Crippen molar-refractivity contribution in [1.82, 2.24) is 0 Å². The van der Waals surface area contributed by atoms with E-state index in [1.54, 1.807) is 16.7 Å². The maximum atomic E-state index is 9.23. The van der Waals surface area contributed by atoms with Crippen LogP contribution in [-0.4, -0.2) is 0 Å². The summed E-state index contributed by atoms with van der Waals surface area (Å²) in [5, 5.41) is 11.3. The Labute approximate surface area is 101 Å². The van der Waals surface area contributed by atoms with Crippen LogP contribution in [0.2, 0.25) is 0 Å². The number of unbranched alkanes of at least 4 members (excludes halogenated alkanes) is 1. The smallest absolute Gasteiger partial charge is 0.189 e. The van der Waals surface area contributed by atoms with Crippen LogP contribution in [0.1, 0.15) is 26.2 Å². The number of anilines is 1. The number of fused-ring (bicyclic) bond motifs is 1. The van der Waals surface area contributed by atoms with Crippen molar-refractivity contribution in [2.75, 3.05) is 4.90 Å². The molecule has 0 fully saturated rings. The van der Waals surface area contributed by atoms with Crippen LogP contribution in [-0.2, 0) is 0 Å². The molecule has 0 aliphatic carbocycles. The first-order valence-corrected chi connectivity index (χ1v) is 6.39. The van der Waals surface area contributed by atoms with Gasteiger partial charge in [0.1, 0.15) is 0 Å². The highest BCUT2D eigenvalue weighted by Gasteiger charge is 2.19. The van der Waals surface area contributed by atoms with Gasteiger partial charge < -0.3 is 0 Å².